The van der Waals surface area contributed by atoms with E-state index in [1.165, 1.54) is 10.4 Å². The second-order valence-electron chi connectivity index (χ2n) is 4.18. The summed E-state index contributed by atoms with van der Waals surface area (Å²) in [5, 5.41) is 3.20. The molecule has 1 aromatic rings. The summed E-state index contributed by atoms with van der Waals surface area (Å²) in [6.45, 7) is 11.1. The van der Waals surface area contributed by atoms with E-state index in [0.717, 1.165) is 12.1 Å². The van der Waals surface area contributed by atoms with Gasteiger partial charge in [0.1, 0.15) is 0 Å². The largest absolute Gasteiger partial charge is 0.313 e. The van der Waals surface area contributed by atoms with Gasteiger partial charge in [-0.25, -0.2) is 13.4 Å². The zero-order valence-electron chi connectivity index (χ0n) is 11.7. The molecule has 0 amide bonds. The van der Waals surface area contributed by atoms with Crippen molar-refractivity contribution in [1.29, 1.82) is 0 Å². The fraction of sp³-hybridized carbons (Fsp3) is 0.357. The van der Waals surface area contributed by atoms with Gasteiger partial charge in [-0.15, -0.1) is 13.2 Å². The SMILES string of the molecule is C=CCN(CC=C)S(=O)(=O)c1ccc(CNCC)cn1. The molecule has 1 heterocycles. The first-order chi connectivity index (χ1) is 9.56. The molecule has 0 aliphatic carbocycles. The van der Waals surface area contributed by atoms with Gasteiger partial charge in [0.05, 0.1) is 0 Å². The zero-order chi connectivity index (χ0) is 15.0. The van der Waals surface area contributed by atoms with Crippen molar-refractivity contribution in [3.05, 3.63) is 49.2 Å². The molecular weight excluding hydrogens is 274 g/mol. The lowest BCUT2D eigenvalue weighted by Gasteiger charge is -2.18. The van der Waals surface area contributed by atoms with Gasteiger partial charge in [0.2, 0.25) is 0 Å². The van der Waals surface area contributed by atoms with Crippen LogP contribution in [0.25, 0.3) is 0 Å². The Kier molecular flexibility index (Phi) is 6.57. The number of pyridine rings is 1. The molecule has 0 bridgehead atoms. The maximum absolute atomic E-state index is 12.4. The quantitative estimate of drug-likeness (QED) is 0.702. The number of rotatable bonds is 9. The van der Waals surface area contributed by atoms with Crippen molar-refractivity contribution in [3.63, 3.8) is 0 Å². The Morgan fingerprint density at radius 3 is 2.40 bits per heavy atom. The molecule has 110 valence electrons. The van der Waals surface area contributed by atoms with Crippen molar-refractivity contribution < 1.29 is 8.42 Å². The van der Waals surface area contributed by atoms with E-state index in [1.807, 2.05) is 6.92 Å². The van der Waals surface area contributed by atoms with Crippen molar-refractivity contribution >= 4 is 10.0 Å². The Morgan fingerprint density at radius 2 is 1.95 bits per heavy atom. The number of sulfonamides is 1. The van der Waals surface area contributed by atoms with Crippen molar-refractivity contribution in [2.45, 2.75) is 18.5 Å². The van der Waals surface area contributed by atoms with Crippen LogP contribution in [0, 0.1) is 0 Å². The van der Waals surface area contributed by atoms with Gasteiger partial charge in [0.15, 0.2) is 5.03 Å². The van der Waals surface area contributed by atoms with Crippen LogP contribution in [0.15, 0.2) is 48.7 Å². The Morgan fingerprint density at radius 1 is 1.30 bits per heavy atom. The van der Waals surface area contributed by atoms with Gasteiger partial charge in [-0.3, -0.25) is 0 Å². The van der Waals surface area contributed by atoms with Gasteiger partial charge in [0.25, 0.3) is 10.0 Å². The molecular formula is C14H21N3O2S. The average molecular weight is 295 g/mol. The van der Waals surface area contributed by atoms with Gasteiger partial charge in [-0.05, 0) is 18.2 Å². The summed E-state index contributed by atoms with van der Waals surface area (Å²) in [7, 11) is -3.60. The highest BCUT2D eigenvalue weighted by Gasteiger charge is 2.23. The number of nitrogens with zero attached hydrogens (tertiary/aromatic N) is 2. The molecule has 0 atom stereocenters. The number of nitrogens with one attached hydrogen (secondary N) is 1. The third kappa shape index (κ3) is 4.26. The molecule has 5 nitrogen and oxygen atoms in total. The predicted molar refractivity (Wildman–Crippen MR) is 80.8 cm³/mol. The lowest BCUT2D eigenvalue weighted by atomic mass is 10.3. The van der Waals surface area contributed by atoms with E-state index in [-0.39, 0.29) is 18.1 Å². The van der Waals surface area contributed by atoms with Crippen molar-refractivity contribution in [1.82, 2.24) is 14.6 Å². The minimum Gasteiger partial charge on any atom is -0.313 e. The van der Waals surface area contributed by atoms with Gasteiger partial charge >= 0.3 is 0 Å². The first kappa shape index (κ1) is 16.6. The lowest BCUT2D eigenvalue weighted by Crippen LogP contribution is -2.32. The molecule has 0 saturated carbocycles. The zero-order valence-corrected chi connectivity index (χ0v) is 12.6. The number of hydrogen-bond acceptors (Lipinski definition) is 4. The molecule has 0 unspecified atom stereocenters. The van der Waals surface area contributed by atoms with Crippen LogP contribution in [0.1, 0.15) is 12.5 Å². The molecule has 0 radical (unpaired) electrons. The van der Waals surface area contributed by atoms with Crippen LogP contribution >= 0.6 is 0 Å². The first-order valence-electron chi connectivity index (χ1n) is 6.43. The van der Waals surface area contributed by atoms with Crippen LogP contribution in [0.5, 0.6) is 0 Å². The van der Waals surface area contributed by atoms with Gasteiger partial charge in [-0.1, -0.05) is 25.1 Å². The van der Waals surface area contributed by atoms with E-state index in [0.29, 0.717) is 6.54 Å². The van der Waals surface area contributed by atoms with Crippen LogP contribution in [-0.2, 0) is 16.6 Å². The standard InChI is InChI=1S/C14H21N3O2S/c1-4-9-17(10-5-2)20(18,19)14-8-7-13(12-16-14)11-15-6-3/h4-5,7-8,12,15H,1-2,6,9-11H2,3H3. The topological polar surface area (TPSA) is 62.3 Å². The lowest BCUT2D eigenvalue weighted by molar-refractivity contribution is 0.471. The predicted octanol–water partition coefficient (Wildman–Crippen LogP) is 1.55. The van der Waals surface area contributed by atoms with Crippen molar-refractivity contribution in [2.75, 3.05) is 19.6 Å². The maximum atomic E-state index is 12.4. The summed E-state index contributed by atoms with van der Waals surface area (Å²) in [6, 6.07) is 3.30. The van der Waals surface area contributed by atoms with Crippen LogP contribution in [0.3, 0.4) is 0 Å². The average Bonchev–Trinajstić information content (AvgIpc) is 2.45. The molecule has 0 fully saturated rings. The molecule has 6 heteroatoms. The fourth-order valence-electron chi connectivity index (χ4n) is 1.63. The molecule has 0 saturated heterocycles. The van der Waals surface area contributed by atoms with E-state index in [1.54, 1.807) is 24.4 Å². The van der Waals surface area contributed by atoms with E-state index >= 15 is 0 Å². The molecule has 1 rings (SSSR count). The summed E-state index contributed by atoms with van der Waals surface area (Å²) >= 11 is 0. The van der Waals surface area contributed by atoms with Crippen LogP contribution in [0.2, 0.25) is 0 Å². The molecule has 0 aliphatic rings. The van der Waals surface area contributed by atoms with E-state index < -0.39 is 10.0 Å². The van der Waals surface area contributed by atoms with E-state index in [9.17, 15) is 8.42 Å². The second kappa shape index (κ2) is 7.94. The Hall–Kier alpha value is -1.50. The van der Waals surface area contributed by atoms with E-state index in [4.69, 9.17) is 0 Å². The second-order valence-corrected chi connectivity index (χ2v) is 6.07. The highest BCUT2D eigenvalue weighted by atomic mass is 32.2. The first-order valence-corrected chi connectivity index (χ1v) is 7.87. The fourth-order valence-corrected chi connectivity index (χ4v) is 2.92. The molecule has 0 spiro atoms. The Balaban J connectivity index is 2.95. The Bertz CT molecular complexity index is 528. The minimum atomic E-state index is -3.60. The Labute approximate surface area is 121 Å². The monoisotopic (exact) mass is 295 g/mol. The van der Waals surface area contributed by atoms with Crippen LogP contribution < -0.4 is 5.32 Å². The smallest absolute Gasteiger partial charge is 0.261 e. The summed E-state index contributed by atoms with van der Waals surface area (Å²) < 4.78 is 26.1. The normalized spacial score (nSPS) is 11.5. The molecule has 0 aromatic carbocycles. The molecule has 20 heavy (non-hydrogen) atoms. The highest BCUT2D eigenvalue weighted by molar-refractivity contribution is 7.89. The van der Waals surface area contributed by atoms with Crippen LogP contribution in [0.4, 0.5) is 0 Å². The molecule has 0 aliphatic heterocycles. The summed E-state index contributed by atoms with van der Waals surface area (Å²) in [6.07, 6.45) is 4.66. The third-order valence-corrected chi connectivity index (χ3v) is 4.39. The van der Waals surface area contributed by atoms with Gasteiger partial charge in [-0.2, -0.15) is 4.31 Å². The van der Waals surface area contributed by atoms with Gasteiger partial charge in [0, 0.05) is 25.8 Å². The van der Waals surface area contributed by atoms with Crippen molar-refractivity contribution in [3.8, 4) is 0 Å². The molecule has 1 aromatic heterocycles. The van der Waals surface area contributed by atoms with Gasteiger partial charge < -0.3 is 5.32 Å². The summed E-state index contributed by atoms with van der Waals surface area (Å²) in [5.74, 6) is 0. The van der Waals surface area contributed by atoms with Crippen molar-refractivity contribution in [2.24, 2.45) is 0 Å². The summed E-state index contributed by atoms with van der Waals surface area (Å²) in [5.41, 5.74) is 0.949. The third-order valence-electron chi connectivity index (χ3n) is 2.65. The highest BCUT2D eigenvalue weighted by Crippen LogP contribution is 2.13. The number of hydrogen-bond donors (Lipinski definition) is 1. The number of aromatic nitrogens is 1. The van der Waals surface area contributed by atoms with Crippen LogP contribution in [-0.4, -0.2) is 37.3 Å². The molecule has 1 N–H and O–H groups in total. The summed E-state index contributed by atoms with van der Waals surface area (Å²) in [4.78, 5) is 4.05. The minimum absolute atomic E-state index is 0.0430. The van der Waals surface area contributed by atoms with E-state index in [2.05, 4.69) is 23.5 Å². The maximum Gasteiger partial charge on any atom is 0.261 e.